The van der Waals surface area contributed by atoms with Gasteiger partial charge in [-0.1, -0.05) is 60.7 Å². The molecule has 5 rings (SSSR count). The van der Waals surface area contributed by atoms with Crippen LogP contribution in [0.15, 0.2) is 60.7 Å². The Hall–Kier alpha value is -3.51. The van der Waals surface area contributed by atoms with Crippen molar-refractivity contribution in [1.82, 2.24) is 24.4 Å². The lowest BCUT2D eigenvalue weighted by Crippen LogP contribution is -2.48. The van der Waals surface area contributed by atoms with Gasteiger partial charge in [0.1, 0.15) is 0 Å². The van der Waals surface area contributed by atoms with Crippen molar-refractivity contribution < 1.29 is 4.79 Å². The molecule has 4 aromatic rings. The summed E-state index contributed by atoms with van der Waals surface area (Å²) in [5.41, 5.74) is 8.54. The van der Waals surface area contributed by atoms with Crippen LogP contribution in [0.2, 0.25) is 0 Å². The van der Waals surface area contributed by atoms with Crippen LogP contribution in [0.3, 0.4) is 0 Å². The van der Waals surface area contributed by atoms with Crippen LogP contribution >= 0.6 is 0 Å². The minimum atomic E-state index is 0.227. The summed E-state index contributed by atoms with van der Waals surface area (Å²) < 4.78 is 1.95. The Morgan fingerprint density at radius 3 is 2.20 bits per heavy atom. The molecule has 6 heteroatoms. The Bertz CT molecular complexity index is 1320. The summed E-state index contributed by atoms with van der Waals surface area (Å²) in [5.74, 6) is 0.227. The second-order valence-electron chi connectivity index (χ2n) is 9.47. The average molecular weight is 468 g/mol. The molecule has 2 aromatic heterocycles. The summed E-state index contributed by atoms with van der Waals surface area (Å²) >= 11 is 0. The quantitative estimate of drug-likeness (QED) is 0.416. The summed E-state index contributed by atoms with van der Waals surface area (Å²) in [5, 5.41) is 4.80. The number of hydrogen-bond donors (Lipinski definition) is 0. The molecule has 1 aliphatic heterocycles. The van der Waals surface area contributed by atoms with Gasteiger partial charge in [0.05, 0.1) is 5.69 Å². The van der Waals surface area contributed by atoms with Crippen molar-refractivity contribution in [2.24, 2.45) is 0 Å². The molecule has 0 aliphatic carbocycles. The zero-order valence-electron chi connectivity index (χ0n) is 20.9. The third kappa shape index (κ3) is 4.84. The van der Waals surface area contributed by atoms with Crippen molar-refractivity contribution in [2.75, 3.05) is 26.2 Å². The first-order valence-corrected chi connectivity index (χ1v) is 12.5. The molecule has 0 unspecified atom stereocenters. The fourth-order valence-electron chi connectivity index (χ4n) is 5.16. The Kier molecular flexibility index (Phi) is 6.64. The van der Waals surface area contributed by atoms with E-state index in [1.807, 2.05) is 47.5 Å². The first kappa shape index (κ1) is 23.2. The molecule has 0 spiro atoms. The maximum absolute atomic E-state index is 13.0. The van der Waals surface area contributed by atoms with Crippen LogP contribution in [0.5, 0.6) is 0 Å². The molecule has 1 fully saturated rings. The van der Waals surface area contributed by atoms with E-state index in [4.69, 9.17) is 10.1 Å². The predicted molar refractivity (Wildman–Crippen MR) is 139 cm³/mol. The molecular weight excluding hydrogens is 434 g/mol. The summed E-state index contributed by atoms with van der Waals surface area (Å²) in [7, 11) is 0. The van der Waals surface area contributed by atoms with Gasteiger partial charge in [0.25, 0.3) is 0 Å². The second-order valence-corrected chi connectivity index (χ2v) is 9.47. The van der Waals surface area contributed by atoms with E-state index in [1.165, 1.54) is 5.56 Å². The first-order valence-electron chi connectivity index (χ1n) is 12.5. The van der Waals surface area contributed by atoms with Gasteiger partial charge in [-0.2, -0.15) is 5.10 Å². The Balaban J connectivity index is 1.25. The Morgan fingerprint density at radius 2 is 1.51 bits per heavy atom. The van der Waals surface area contributed by atoms with E-state index in [1.54, 1.807) is 0 Å². The maximum Gasteiger partial charge on any atom is 0.222 e. The van der Waals surface area contributed by atoms with Crippen LogP contribution in [-0.4, -0.2) is 56.5 Å². The van der Waals surface area contributed by atoms with Crippen LogP contribution in [0.4, 0.5) is 0 Å². The van der Waals surface area contributed by atoms with Crippen LogP contribution < -0.4 is 0 Å². The number of nitrogens with zero attached hydrogens (tertiary/aromatic N) is 5. The van der Waals surface area contributed by atoms with E-state index >= 15 is 0 Å². The third-order valence-electron chi connectivity index (χ3n) is 7.13. The number of hydrogen-bond acceptors (Lipinski definition) is 4. The van der Waals surface area contributed by atoms with Crippen molar-refractivity contribution in [1.29, 1.82) is 0 Å². The minimum Gasteiger partial charge on any atom is -0.340 e. The average Bonchev–Trinajstić information content (AvgIpc) is 3.21. The predicted octanol–water partition coefficient (Wildman–Crippen LogP) is 4.60. The number of aromatic nitrogens is 3. The molecule has 1 aliphatic rings. The molecule has 1 amide bonds. The van der Waals surface area contributed by atoms with Gasteiger partial charge in [-0.05, 0) is 43.9 Å². The van der Waals surface area contributed by atoms with Crippen molar-refractivity contribution in [3.8, 4) is 11.1 Å². The summed E-state index contributed by atoms with van der Waals surface area (Å²) in [6, 6.07) is 20.8. The standard InChI is InChI=1S/C29H33N5O/c1-21-26(23(3)34-29(30-21)28(22(2)31-34)25-12-8-5-9-13-25)14-15-27(35)33-18-16-32(17-19-33)20-24-10-6-4-7-11-24/h4-13H,14-20H2,1-3H3. The van der Waals surface area contributed by atoms with Crippen LogP contribution in [0.1, 0.15) is 34.6 Å². The number of benzene rings is 2. The molecule has 1 saturated heterocycles. The highest BCUT2D eigenvalue weighted by Gasteiger charge is 2.23. The summed E-state index contributed by atoms with van der Waals surface area (Å²) in [6.45, 7) is 10.5. The zero-order chi connectivity index (χ0) is 24.4. The SMILES string of the molecule is Cc1nc2c(-c3ccccc3)c(C)nn2c(C)c1CCC(=O)N1CCN(Cc2ccccc2)CC1. The van der Waals surface area contributed by atoms with Gasteiger partial charge < -0.3 is 4.90 Å². The van der Waals surface area contributed by atoms with Crippen LogP contribution in [-0.2, 0) is 17.8 Å². The van der Waals surface area contributed by atoms with E-state index in [0.717, 1.165) is 72.1 Å². The molecule has 35 heavy (non-hydrogen) atoms. The lowest BCUT2D eigenvalue weighted by atomic mass is 10.0. The molecule has 0 N–H and O–H groups in total. The van der Waals surface area contributed by atoms with Gasteiger partial charge in [-0.3, -0.25) is 9.69 Å². The van der Waals surface area contributed by atoms with Crippen LogP contribution in [0.25, 0.3) is 16.8 Å². The highest BCUT2D eigenvalue weighted by Crippen LogP contribution is 2.29. The van der Waals surface area contributed by atoms with Gasteiger partial charge in [0, 0.05) is 56.1 Å². The van der Waals surface area contributed by atoms with Crippen LogP contribution in [0, 0.1) is 20.8 Å². The number of amides is 1. The topological polar surface area (TPSA) is 53.7 Å². The van der Waals surface area contributed by atoms with Crippen molar-refractivity contribution >= 4 is 11.6 Å². The second kappa shape index (κ2) is 10.0. The number of carbonyl (C=O) groups is 1. The van der Waals surface area contributed by atoms with Gasteiger partial charge in [0.2, 0.25) is 5.91 Å². The smallest absolute Gasteiger partial charge is 0.222 e. The molecule has 0 atom stereocenters. The number of fused-ring (bicyclic) bond motifs is 1. The highest BCUT2D eigenvalue weighted by molar-refractivity contribution is 5.80. The summed E-state index contributed by atoms with van der Waals surface area (Å²) in [4.78, 5) is 22.4. The molecular formula is C29H33N5O. The van der Waals surface area contributed by atoms with E-state index in [-0.39, 0.29) is 5.91 Å². The number of piperazine rings is 1. The van der Waals surface area contributed by atoms with Crippen molar-refractivity contribution in [3.05, 3.63) is 88.9 Å². The molecule has 2 aromatic carbocycles. The summed E-state index contributed by atoms with van der Waals surface area (Å²) in [6.07, 6.45) is 1.18. The zero-order valence-corrected chi connectivity index (χ0v) is 20.9. The van der Waals surface area contributed by atoms with Gasteiger partial charge in [-0.15, -0.1) is 0 Å². The fourth-order valence-corrected chi connectivity index (χ4v) is 5.16. The number of carbonyl (C=O) groups excluding carboxylic acids is 1. The molecule has 6 nitrogen and oxygen atoms in total. The van der Waals surface area contributed by atoms with E-state index in [2.05, 4.69) is 48.2 Å². The van der Waals surface area contributed by atoms with Gasteiger partial charge >= 0.3 is 0 Å². The number of aryl methyl sites for hydroxylation is 3. The van der Waals surface area contributed by atoms with E-state index in [9.17, 15) is 4.79 Å². The molecule has 3 heterocycles. The minimum absolute atomic E-state index is 0.227. The molecule has 0 bridgehead atoms. The first-order chi connectivity index (χ1) is 17.0. The normalized spacial score (nSPS) is 14.5. The highest BCUT2D eigenvalue weighted by atomic mass is 16.2. The molecule has 0 radical (unpaired) electrons. The van der Waals surface area contributed by atoms with E-state index < -0.39 is 0 Å². The molecule has 180 valence electrons. The Labute approximate surface area is 207 Å². The Morgan fingerprint density at radius 1 is 0.857 bits per heavy atom. The van der Waals surface area contributed by atoms with Crippen molar-refractivity contribution in [3.63, 3.8) is 0 Å². The lowest BCUT2D eigenvalue weighted by Gasteiger charge is -2.35. The van der Waals surface area contributed by atoms with E-state index in [0.29, 0.717) is 12.8 Å². The van der Waals surface area contributed by atoms with Gasteiger partial charge in [-0.25, -0.2) is 9.50 Å². The maximum atomic E-state index is 13.0. The molecule has 0 saturated carbocycles. The largest absolute Gasteiger partial charge is 0.340 e. The number of rotatable bonds is 6. The van der Waals surface area contributed by atoms with Gasteiger partial charge in [0.15, 0.2) is 5.65 Å². The van der Waals surface area contributed by atoms with Crippen molar-refractivity contribution in [2.45, 2.75) is 40.2 Å². The monoisotopic (exact) mass is 467 g/mol. The fraction of sp³-hybridized carbons (Fsp3) is 0.345. The third-order valence-corrected chi connectivity index (χ3v) is 7.13. The lowest BCUT2D eigenvalue weighted by molar-refractivity contribution is -0.133.